The number of aryl methyl sites for hydroxylation is 1. The maximum absolute atomic E-state index is 12.6. The molecule has 0 aliphatic rings. The van der Waals surface area contributed by atoms with Gasteiger partial charge in [-0.05, 0) is 61.5 Å². The summed E-state index contributed by atoms with van der Waals surface area (Å²) in [6.07, 6.45) is 4.32. The van der Waals surface area contributed by atoms with Gasteiger partial charge in [0, 0.05) is 4.47 Å². The fraction of sp³-hybridized carbons (Fsp3) is 0.348. The number of carbonyl (C=O) groups is 2. The van der Waals surface area contributed by atoms with Crippen molar-refractivity contribution < 1.29 is 19.1 Å². The van der Waals surface area contributed by atoms with Gasteiger partial charge in [-0.3, -0.25) is 25.8 Å². The fourth-order valence-electron chi connectivity index (χ4n) is 2.77. The molecule has 32 heavy (non-hydrogen) atoms. The molecular weight excluding hydrogens is 494 g/mol. The Morgan fingerprint density at radius 2 is 1.78 bits per heavy atom. The normalized spacial score (nSPS) is 10.2. The van der Waals surface area contributed by atoms with E-state index in [0.717, 1.165) is 35.7 Å². The van der Waals surface area contributed by atoms with E-state index in [1.54, 1.807) is 24.3 Å². The lowest BCUT2D eigenvalue weighted by Crippen LogP contribution is -2.49. The van der Waals surface area contributed by atoms with Gasteiger partial charge in [0.05, 0.1) is 12.2 Å². The number of ether oxygens (including phenoxy) is 2. The molecule has 0 radical (unpaired) electrons. The molecule has 2 amide bonds. The summed E-state index contributed by atoms with van der Waals surface area (Å²) in [5.74, 6) is 0.222. The third-order valence-corrected chi connectivity index (χ3v) is 5.12. The van der Waals surface area contributed by atoms with E-state index < -0.39 is 11.8 Å². The van der Waals surface area contributed by atoms with Gasteiger partial charge in [-0.2, -0.15) is 0 Å². The average molecular weight is 522 g/mol. The maximum atomic E-state index is 12.6. The Labute approximate surface area is 202 Å². The molecule has 2 aromatic rings. The summed E-state index contributed by atoms with van der Waals surface area (Å²) < 4.78 is 12.2. The molecule has 0 aromatic heterocycles. The van der Waals surface area contributed by atoms with Gasteiger partial charge in [0.1, 0.15) is 11.5 Å². The minimum absolute atomic E-state index is 0.0408. The Hall–Kier alpha value is -2.65. The van der Waals surface area contributed by atoms with E-state index in [1.165, 1.54) is 0 Å². The van der Waals surface area contributed by atoms with Crippen molar-refractivity contribution >= 4 is 45.1 Å². The summed E-state index contributed by atoms with van der Waals surface area (Å²) >= 11 is 8.47. The minimum Gasteiger partial charge on any atom is -0.493 e. The van der Waals surface area contributed by atoms with Gasteiger partial charge < -0.3 is 9.47 Å². The van der Waals surface area contributed by atoms with Gasteiger partial charge >= 0.3 is 0 Å². The number of amides is 2. The number of thiocarbonyl (C=S) groups is 1. The number of carbonyl (C=O) groups excluding carboxylic acids is 2. The highest BCUT2D eigenvalue weighted by Crippen LogP contribution is 2.22. The Bertz CT molecular complexity index is 939. The molecule has 0 unspecified atom stereocenters. The first kappa shape index (κ1) is 25.6. The molecular formula is C23H28BrN3O4S. The molecule has 0 heterocycles. The molecule has 172 valence electrons. The number of rotatable bonds is 10. The van der Waals surface area contributed by atoms with Crippen LogP contribution >= 0.6 is 28.1 Å². The minimum atomic E-state index is -0.445. The van der Waals surface area contributed by atoms with Crippen molar-refractivity contribution in [2.75, 3.05) is 13.2 Å². The van der Waals surface area contributed by atoms with E-state index in [4.69, 9.17) is 21.7 Å². The summed E-state index contributed by atoms with van der Waals surface area (Å²) in [7, 11) is 0. The third kappa shape index (κ3) is 8.84. The van der Waals surface area contributed by atoms with Crippen molar-refractivity contribution in [3.63, 3.8) is 0 Å². The van der Waals surface area contributed by atoms with Crippen LogP contribution in [0.5, 0.6) is 11.5 Å². The molecule has 0 aliphatic carbocycles. The first-order valence-electron chi connectivity index (χ1n) is 10.4. The molecule has 0 saturated carbocycles. The van der Waals surface area contributed by atoms with E-state index in [1.807, 2.05) is 25.1 Å². The summed E-state index contributed by atoms with van der Waals surface area (Å²) in [5.41, 5.74) is 6.16. The zero-order valence-corrected chi connectivity index (χ0v) is 20.6. The summed E-state index contributed by atoms with van der Waals surface area (Å²) in [5, 5.41) is 2.49. The standard InChI is InChI=1S/C23H28BrN3O4S/c1-3-4-5-8-13-30-20-10-7-6-9-18(20)22(29)25-23(32)27-26-21(28)15-31-19-12-11-17(24)14-16(19)2/h6-7,9-12,14H,3-5,8,13,15H2,1-2H3,(H,26,28)(H2,25,27,29,32). The molecule has 0 bridgehead atoms. The van der Waals surface area contributed by atoms with Crippen LogP contribution in [0, 0.1) is 6.92 Å². The van der Waals surface area contributed by atoms with Crippen LogP contribution < -0.4 is 25.6 Å². The van der Waals surface area contributed by atoms with Gasteiger partial charge in [-0.15, -0.1) is 0 Å². The molecule has 0 fully saturated rings. The molecule has 2 aromatic carbocycles. The van der Waals surface area contributed by atoms with Crippen LogP contribution in [0.25, 0.3) is 0 Å². The van der Waals surface area contributed by atoms with E-state index >= 15 is 0 Å². The largest absolute Gasteiger partial charge is 0.493 e. The van der Waals surface area contributed by atoms with Crippen molar-refractivity contribution in [3.8, 4) is 11.5 Å². The Kier molecular flexibility index (Phi) is 11.0. The lowest BCUT2D eigenvalue weighted by Gasteiger charge is -2.14. The number of nitrogens with one attached hydrogen (secondary N) is 3. The molecule has 0 atom stereocenters. The van der Waals surface area contributed by atoms with Gasteiger partial charge in [0.2, 0.25) is 0 Å². The molecule has 2 rings (SSSR count). The first-order valence-corrected chi connectivity index (χ1v) is 11.6. The molecule has 9 heteroatoms. The highest BCUT2D eigenvalue weighted by atomic mass is 79.9. The number of halogens is 1. The van der Waals surface area contributed by atoms with Crippen molar-refractivity contribution in [1.82, 2.24) is 16.2 Å². The number of hydrogen-bond acceptors (Lipinski definition) is 5. The molecule has 0 spiro atoms. The molecule has 0 saturated heterocycles. The van der Waals surface area contributed by atoms with Crippen molar-refractivity contribution in [2.45, 2.75) is 39.5 Å². The van der Waals surface area contributed by atoms with E-state index in [9.17, 15) is 9.59 Å². The van der Waals surface area contributed by atoms with E-state index in [2.05, 4.69) is 39.0 Å². The second-order valence-corrected chi connectivity index (χ2v) is 8.38. The number of unbranched alkanes of at least 4 members (excludes halogenated alkanes) is 3. The molecule has 3 N–H and O–H groups in total. The van der Waals surface area contributed by atoms with E-state index in [0.29, 0.717) is 23.7 Å². The van der Waals surface area contributed by atoms with Crippen molar-refractivity contribution in [1.29, 1.82) is 0 Å². The Balaban J connectivity index is 1.77. The van der Waals surface area contributed by atoms with Crippen molar-refractivity contribution in [3.05, 3.63) is 58.1 Å². The van der Waals surface area contributed by atoms with Crippen molar-refractivity contribution in [2.24, 2.45) is 0 Å². The van der Waals surface area contributed by atoms with Gasteiger partial charge in [-0.25, -0.2) is 0 Å². The van der Waals surface area contributed by atoms with E-state index in [-0.39, 0.29) is 11.7 Å². The smallest absolute Gasteiger partial charge is 0.276 e. The number of hydrogen-bond donors (Lipinski definition) is 3. The second-order valence-electron chi connectivity index (χ2n) is 7.06. The monoisotopic (exact) mass is 521 g/mol. The summed E-state index contributed by atoms with van der Waals surface area (Å²) in [6.45, 7) is 4.37. The third-order valence-electron chi connectivity index (χ3n) is 4.43. The van der Waals surface area contributed by atoms with Crippen LogP contribution in [0.3, 0.4) is 0 Å². The number of hydrazine groups is 1. The zero-order chi connectivity index (χ0) is 23.3. The average Bonchev–Trinajstić information content (AvgIpc) is 2.77. The van der Waals surface area contributed by atoms with Gasteiger partial charge in [-0.1, -0.05) is 54.2 Å². The quantitative estimate of drug-likeness (QED) is 0.243. The van der Waals surface area contributed by atoms with Crippen LogP contribution in [-0.4, -0.2) is 30.1 Å². The number of benzene rings is 2. The van der Waals surface area contributed by atoms with Crippen LogP contribution in [0.1, 0.15) is 48.5 Å². The summed E-state index contributed by atoms with van der Waals surface area (Å²) in [4.78, 5) is 24.6. The van der Waals surface area contributed by atoms with Crippen LogP contribution in [0.2, 0.25) is 0 Å². The van der Waals surface area contributed by atoms with Crippen LogP contribution in [-0.2, 0) is 4.79 Å². The Morgan fingerprint density at radius 3 is 2.53 bits per heavy atom. The Morgan fingerprint density at radius 1 is 1.00 bits per heavy atom. The lowest BCUT2D eigenvalue weighted by molar-refractivity contribution is -0.123. The second kappa shape index (κ2) is 13.7. The van der Waals surface area contributed by atoms with Gasteiger partial charge in [0.25, 0.3) is 11.8 Å². The molecule has 0 aliphatic heterocycles. The highest BCUT2D eigenvalue weighted by molar-refractivity contribution is 9.10. The SMILES string of the molecule is CCCCCCOc1ccccc1C(=O)NC(=S)NNC(=O)COc1ccc(Br)cc1C. The number of para-hydroxylation sites is 1. The predicted molar refractivity (Wildman–Crippen MR) is 132 cm³/mol. The topological polar surface area (TPSA) is 88.7 Å². The predicted octanol–water partition coefficient (Wildman–Crippen LogP) is 4.43. The van der Waals surface area contributed by atoms with Gasteiger partial charge in [0.15, 0.2) is 11.7 Å². The summed E-state index contributed by atoms with van der Waals surface area (Å²) in [6, 6.07) is 12.5. The highest BCUT2D eigenvalue weighted by Gasteiger charge is 2.14. The lowest BCUT2D eigenvalue weighted by atomic mass is 10.2. The fourth-order valence-corrected chi connectivity index (χ4v) is 3.39. The molecule has 7 nitrogen and oxygen atoms in total. The first-order chi connectivity index (χ1) is 15.4. The maximum Gasteiger partial charge on any atom is 0.276 e. The van der Waals surface area contributed by atoms with Crippen LogP contribution in [0.4, 0.5) is 0 Å². The van der Waals surface area contributed by atoms with Crippen LogP contribution in [0.15, 0.2) is 46.9 Å². The zero-order valence-electron chi connectivity index (χ0n) is 18.2.